The summed E-state index contributed by atoms with van der Waals surface area (Å²) in [6.45, 7) is 9.65. The van der Waals surface area contributed by atoms with Crippen LogP contribution in [-0.2, 0) is 21.1 Å². The molecule has 14 nitrogen and oxygen atoms in total. The van der Waals surface area contributed by atoms with Crippen molar-refractivity contribution in [2.75, 3.05) is 0 Å². The summed E-state index contributed by atoms with van der Waals surface area (Å²) in [5.74, 6) is -1.08. The van der Waals surface area contributed by atoms with Crippen LogP contribution < -0.4 is 0 Å². The molecule has 0 amide bonds. The van der Waals surface area contributed by atoms with Gasteiger partial charge in [0.1, 0.15) is 17.1 Å². The summed E-state index contributed by atoms with van der Waals surface area (Å²) in [7, 11) is 5.61. The summed E-state index contributed by atoms with van der Waals surface area (Å²) in [5.41, 5.74) is 9.76. The van der Waals surface area contributed by atoms with Gasteiger partial charge in [0.2, 0.25) is 0 Å². The Hall–Kier alpha value is -5.66. The molecule has 0 radical (unpaired) electrons. The normalized spacial score (nSPS) is 10.5. The quantitative estimate of drug-likeness (QED) is 0.314. The highest BCUT2D eigenvalue weighted by Gasteiger charge is 2.10. The predicted molar refractivity (Wildman–Crippen MR) is 163 cm³/mol. The number of aryl methyl sites for hydroxylation is 8. The average Bonchev–Trinajstić information content (AvgIpc) is 3.63. The SMILES string of the molecule is Cc1cc(-c2cnc(C(=O)O)cn2)n(C)n1.Cc1cnc(-c2cc(C)nn2C)cn1.Cc1cnc(-c2cc(C)nn2C)cn1. The van der Waals surface area contributed by atoms with E-state index in [1.807, 2.05) is 76.3 Å². The van der Waals surface area contributed by atoms with E-state index in [0.29, 0.717) is 5.69 Å². The molecule has 226 valence electrons. The second kappa shape index (κ2) is 13.5. The zero-order chi connectivity index (χ0) is 32.0. The average molecular weight is 595 g/mol. The number of nitrogens with zero attached hydrogens (tertiary/aromatic N) is 12. The van der Waals surface area contributed by atoms with Gasteiger partial charge < -0.3 is 5.11 Å². The van der Waals surface area contributed by atoms with E-state index in [1.165, 1.54) is 12.4 Å². The maximum atomic E-state index is 10.6. The molecule has 6 heterocycles. The van der Waals surface area contributed by atoms with Crippen molar-refractivity contribution in [1.82, 2.24) is 59.2 Å². The van der Waals surface area contributed by atoms with Gasteiger partial charge in [-0.3, -0.25) is 39.0 Å². The van der Waals surface area contributed by atoms with Crippen LogP contribution in [0.15, 0.2) is 55.4 Å². The zero-order valence-electron chi connectivity index (χ0n) is 25.9. The standard InChI is InChI=1S/C10H10N4O2.2C10H12N4/c1-6-3-9(14(2)13-6)7-4-12-8(5-11-7)10(15)16;2*1-7-4-10(14(3)13-7)9-6-11-8(2)5-12-9/h3-5H,1-2H3,(H,15,16);2*4-6H,1-3H3. The summed E-state index contributed by atoms with van der Waals surface area (Å²) in [6, 6.07) is 5.86. The molecule has 0 saturated heterocycles. The molecule has 0 aliphatic rings. The lowest BCUT2D eigenvalue weighted by molar-refractivity contribution is 0.0690. The van der Waals surface area contributed by atoms with Crippen molar-refractivity contribution in [3.05, 3.63) is 89.5 Å². The molecule has 0 atom stereocenters. The molecule has 1 N–H and O–H groups in total. The Labute approximate surface area is 254 Å². The van der Waals surface area contributed by atoms with E-state index in [2.05, 4.69) is 45.2 Å². The van der Waals surface area contributed by atoms with Crippen molar-refractivity contribution in [1.29, 1.82) is 0 Å². The molecule has 0 saturated carbocycles. The molecule has 44 heavy (non-hydrogen) atoms. The lowest BCUT2D eigenvalue weighted by Gasteiger charge is -2.00. The minimum absolute atomic E-state index is 0.0670. The first-order chi connectivity index (χ1) is 20.9. The molecule has 0 aliphatic carbocycles. The molecule has 14 heteroatoms. The smallest absolute Gasteiger partial charge is 0.356 e. The van der Waals surface area contributed by atoms with Crippen molar-refractivity contribution < 1.29 is 9.90 Å². The van der Waals surface area contributed by atoms with Gasteiger partial charge >= 0.3 is 5.97 Å². The first kappa shape index (κ1) is 31.3. The van der Waals surface area contributed by atoms with Crippen LogP contribution in [0, 0.1) is 34.6 Å². The van der Waals surface area contributed by atoms with Crippen LogP contribution in [0.1, 0.15) is 39.0 Å². The summed E-state index contributed by atoms with van der Waals surface area (Å²) in [6.07, 6.45) is 9.73. The fourth-order valence-electron chi connectivity index (χ4n) is 4.17. The highest BCUT2D eigenvalue weighted by Crippen LogP contribution is 2.18. The van der Waals surface area contributed by atoms with Gasteiger partial charge in [0.05, 0.1) is 70.3 Å². The molecule has 0 aliphatic heterocycles. The Morgan fingerprint density at radius 3 is 1.07 bits per heavy atom. The molecule has 6 aromatic heterocycles. The Morgan fingerprint density at radius 1 is 0.500 bits per heavy atom. The maximum Gasteiger partial charge on any atom is 0.356 e. The fraction of sp³-hybridized carbons (Fsp3) is 0.267. The van der Waals surface area contributed by atoms with Gasteiger partial charge in [-0.15, -0.1) is 0 Å². The molecule has 0 fully saturated rings. The van der Waals surface area contributed by atoms with E-state index in [9.17, 15) is 4.79 Å². The zero-order valence-corrected chi connectivity index (χ0v) is 25.9. The van der Waals surface area contributed by atoms with E-state index in [1.54, 1.807) is 36.5 Å². The minimum Gasteiger partial charge on any atom is -0.476 e. The lowest BCUT2D eigenvalue weighted by Crippen LogP contribution is -2.02. The van der Waals surface area contributed by atoms with Crippen LogP contribution in [0.25, 0.3) is 34.2 Å². The van der Waals surface area contributed by atoms with Gasteiger partial charge in [-0.05, 0) is 52.8 Å². The van der Waals surface area contributed by atoms with E-state index in [4.69, 9.17) is 5.11 Å². The Kier molecular flexibility index (Phi) is 9.63. The highest BCUT2D eigenvalue weighted by atomic mass is 16.4. The number of carboxylic acids is 1. The van der Waals surface area contributed by atoms with E-state index in [0.717, 1.165) is 56.9 Å². The Morgan fingerprint density at radius 2 is 0.841 bits per heavy atom. The van der Waals surface area contributed by atoms with Crippen LogP contribution in [0.4, 0.5) is 0 Å². The second-order valence-electron chi connectivity index (χ2n) is 10.1. The summed E-state index contributed by atoms with van der Waals surface area (Å²) >= 11 is 0. The number of carbonyl (C=O) groups is 1. The molecule has 0 bridgehead atoms. The number of hydrogen-bond donors (Lipinski definition) is 1. The topological polar surface area (TPSA) is 168 Å². The van der Waals surface area contributed by atoms with E-state index >= 15 is 0 Å². The van der Waals surface area contributed by atoms with Crippen molar-refractivity contribution in [3.8, 4) is 34.2 Å². The van der Waals surface area contributed by atoms with Gasteiger partial charge in [0.25, 0.3) is 0 Å². The lowest BCUT2D eigenvalue weighted by atomic mass is 10.3. The van der Waals surface area contributed by atoms with Crippen molar-refractivity contribution in [3.63, 3.8) is 0 Å². The Balaban J connectivity index is 0.000000151. The molecular weight excluding hydrogens is 560 g/mol. The number of carboxylic acid groups (broad SMARTS) is 1. The van der Waals surface area contributed by atoms with Crippen LogP contribution in [0.2, 0.25) is 0 Å². The van der Waals surface area contributed by atoms with Gasteiger partial charge in [-0.2, -0.15) is 15.3 Å². The van der Waals surface area contributed by atoms with Gasteiger partial charge in [0, 0.05) is 33.5 Å². The van der Waals surface area contributed by atoms with E-state index in [-0.39, 0.29) is 5.69 Å². The van der Waals surface area contributed by atoms with Crippen LogP contribution in [0.5, 0.6) is 0 Å². The van der Waals surface area contributed by atoms with Crippen LogP contribution in [-0.4, -0.2) is 70.3 Å². The molecule has 6 rings (SSSR count). The van der Waals surface area contributed by atoms with Gasteiger partial charge in [-0.25, -0.2) is 9.78 Å². The molecule has 0 unspecified atom stereocenters. The third kappa shape index (κ3) is 7.79. The van der Waals surface area contributed by atoms with Crippen LogP contribution >= 0.6 is 0 Å². The van der Waals surface area contributed by atoms with Gasteiger partial charge in [0.15, 0.2) is 5.69 Å². The van der Waals surface area contributed by atoms with Crippen LogP contribution in [0.3, 0.4) is 0 Å². The van der Waals surface area contributed by atoms with Gasteiger partial charge in [-0.1, -0.05) is 0 Å². The summed E-state index contributed by atoms with van der Waals surface area (Å²) in [4.78, 5) is 35.4. The maximum absolute atomic E-state index is 10.6. The first-order valence-corrected chi connectivity index (χ1v) is 13.6. The largest absolute Gasteiger partial charge is 0.476 e. The molecule has 0 spiro atoms. The molecule has 0 aromatic carbocycles. The fourth-order valence-corrected chi connectivity index (χ4v) is 4.17. The third-order valence-corrected chi connectivity index (χ3v) is 6.23. The molecular formula is C30H34N12O2. The Bertz CT molecular complexity index is 1760. The first-order valence-electron chi connectivity index (χ1n) is 13.6. The van der Waals surface area contributed by atoms with Crippen molar-refractivity contribution in [2.45, 2.75) is 34.6 Å². The third-order valence-electron chi connectivity index (χ3n) is 6.23. The molecule has 6 aromatic rings. The minimum atomic E-state index is -1.08. The second-order valence-corrected chi connectivity index (χ2v) is 10.1. The highest BCUT2D eigenvalue weighted by molar-refractivity contribution is 5.85. The summed E-state index contributed by atoms with van der Waals surface area (Å²) < 4.78 is 5.31. The number of rotatable bonds is 4. The number of aromatic carboxylic acids is 1. The predicted octanol–water partition coefficient (Wildman–Crippen LogP) is 3.87. The summed E-state index contributed by atoms with van der Waals surface area (Å²) in [5, 5.41) is 21.4. The van der Waals surface area contributed by atoms with E-state index < -0.39 is 5.97 Å². The number of hydrogen-bond acceptors (Lipinski definition) is 10. The monoisotopic (exact) mass is 594 g/mol. The van der Waals surface area contributed by atoms with Crippen molar-refractivity contribution in [2.24, 2.45) is 21.1 Å². The number of aromatic nitrogens is 12. The van der Waals surface area contributed by atoms with Crippen molar-refractivity contribution >= 4 is 5.97 Å².